The molecule has 17 heavy (non-hydrogen) atoms. The van der Waals surface area contributed by atoms with Gasteiger partial charge in [-0.1, -0.05) is 0 Å². The predicted octanol–water partition coefficient (Wildman–Crippen LogP) is 1.19. The van der Waals surface area contributed by atoms with E-state index < -0.39 is 0 Å². The fraction of sp³-hybridized carbons (Fsp3) is 0.111. The minimum atomic E-state index is 0.497. The zero-order chi connectivity index (χ0) is 12.0. The Hall–Kier alpha value is -1.96. The summed E-state index contributed by atoms with van der Waals surface area (Å²) in [5, 5.41) is 4.32. The van der Waals surface area contributed by atoms with Crippen LogP contribution in [0.3, 0.4) is 0 Å². The highest BCUT2D eigenvalue weighted by Gasteiger charge is 2.15. The lowest BCUT2D eigenvalue weighted by Gasteiger charge is -2.02. The Morgan fingerprint density at radius 3 is 2.88 bits per heavy atom. The van der Waals surface area contributed by atoms with Gasteiger partial charge < -0.3 is 10.7 Å². The normalized spacial score (nSPS) is 11.2. The van der Waals surface area contributed by atoms with E-state index in [1.807, 2.05) is 6.92 Å². The molecule has 0 aliphatic carbocycles. The third kappa shape index (κ3) is 1.41. The maximum absolute atomic E-state index is 5.95. The number of hydrogen-bond donors (Lipinski definition) is 2. The number of H-pyrrole nitrogens is 1. The molecular weight excluding hydrogens is 286 g/mol. The van der Waals surface area contributed by atoms with Crippen molar-refractivity contribution in [3.05, 3.63) is 22.8 Å². The van der Waals surface area contributed by atoms with Gasteiger partial charge in [0.2, 0.25) is 0 Å². The minimum absolute atomic E-state index is 0.497. The van der Waals surface area contributed by atoms with Gasteiger partial charge in [0.1, 0.15) is 17.7 Å². The smallest absolute Gasteiger partial charge is 0.184 e. The lowest BCUT2D eigenvalue weighted by atomic mass is 10.4. The number of nitrogen functional groups attached to an aromatic ring is 1. The van der Waals surface area contributed by atoms with E-state index in [9.17, 15) is 0 Å². The molecule has 0 radical (unpaired) electrons. The van der Waals surface area contributed by atoms with Crippen LogP contribution in [0.25, 0.3) is 17.0 Å². The van der Waals surface area contributed by atoms with Crippen molar-refractivity contribution < 1.29 is 0 Å². The van der Waals surface area contributed by atoms with E-state index in [0.29, 0.717) is 22.8 Å². The van der Waals surface area contributed by atoms with Crippen LogP contribution in [0.4, 0.5) is 5.82 Å². The summed E-state index contributed by atoms with van der Waals surface area (Å²) in [6.07, 6.45) is 2.99. The van der Waals surface area contributed by atoms with Crippen LogP contribution in [0, 0.1) is 6.92 Å². The Morgan fingerprint density at radius 2 is 2.18 bits per heavy atom. The summed E-state index contributed by atoms with van der Waals surface area (Å²) in [5.74, 6) is 1.08. The van der Waals surface area contributed by atoms with Gasteiger partial charge in [-0.05, 0) is 22.9 Å². The van der Waals surface area contributed by atoms with E-state index in [2.05, 4.69) is 41.0 Å². The van der Waals surface area contributed by atoms with Crippen molar-refractivity contribution in [2.75, 3.05) is 5.73 Å². The Kier molecular flexibility index (Phi) is 2.11. The Morgan fingerprint density at radius 1 is 1.35 bits per heavy atom. The minimum Gasteiger partial charge on any atom is -0.383 e. The molecule has 3 aromatic heterocycles. The molecule has 3 N–H and O–H groups in total. The second-order valence-corrected chi connectivity index (χ2v) is 4.29. The first-order valence-electron chi connectivity index (χ1n) is 4.83. The number of hydrogen-bond acceptors (Lipinski definition) is 5. The molecule has 0 atom stereocenters. The zero-order valence-corrected chi connectivity index (χ0v) is 10.4. The van der Waals surface area contributed by atoms with Crippen molar-refractivity contribution in [3.8, 4) is 5.82 Å². The third-order valence-electron chi connectivity index (χ3n) is 2.42. The number of nitrogens with two attached hydrogens (primary N) is 1. The highest BCUT2D eigenvalue weighted by Crippen LogP contribution is 2.26. The molecule has 0 aliphatic heterocycles. The molecule has 86 valence electrons. The summed E-state index contributed by atoms with van der Waals surface area (Å²) in [6.45, 7) is 1.86. The van der Waals surface area contributed by atoms with Gasteiger partial charge >= 0.3 is 0 Å². The van der Waals surface area contributed by atoms with E-state index in [1.165, 1.54) is 6.33 Å². The van der Waals surface area contributed by atoms with Gasteiger partial charge in [0.05, 0.1) is 16.5 Å². The first-order chi connectivity index (χ1) is 8.18. The van der Waals surface area contributed by atoms with E-state index >= 15 is 0 Å². The van der Waals surface area contributed by atoms with Crippen LogP contribution in [-0.4, -0.2) is 29.7 Å². The lowest BCUT2D eigenvalue weighted by molar-refractivity contribution is 0.843. The van der Waals surface area contributed by atoms with Crippen molar-refractivity contribution in [2.24, 2.45) is 0 Å². The molecule has 0 saturated heterocycles. The van der Waals surface area contributed by atoms with Crippen molar-refractivity contribution in [1.29, 1.82) is 0 Å². The monoisotopic (exact) mass is 293 g/mol. The summed E-state index contributed by atoms with van der Waals surface area (Å²) in [4.78, 5) is 15.3. The van der Waals surface area contributed by atoms with Crippen LogP contribution >= 0.6 is 15.9 Å². The number of aromatic nitrogens is 6. The van der Waals surface area contributed by atoms with Gasteiger partial charge in [-0.2, -0.15) is 9.78 Å². The maximum atomic E-state index is 5.95. The van der Waals surface area contributed by atoms with Gasteiger partial charge in [-0.25, -0.2) is 15.0 Å². The topological polar surface area (TPSA) is 98.3 Å². The van der Waals surface area contributed by atoms with Gasteiger partial charge in [0.15, 0.2) is 11.5 Å². The molecule has 0 amide bonds. The molecule has 0 saturated carbocycles. The molecule has 0 unspecified atom stereocenters. The van der Waals surface area contributed by atoms with Crippen LogP contribution in [0.15, 0.2) is 17.1 Å². The van der Waals surface area contributed by atoms with Crippen molar-refractivity contribution in [3.63, 3.8) is 0 Å². The molecule has 8 heteroatoms. The number of aromatic amines is 1. The summed E-state index contributed by atoms with van der Waals surface area (Å²) in [5.41, 5.74) is 8.04. The number of rotatable bonds is 1. The SMILES string of the molecule is Cc1nn(-c2ncnc3nc[nH]c23)c(N)c1Br. The van der Waals surface area contributed by atoms with Gasteiger partial charge in [-0.15, -0.1) is 0 Å². The number of fused-ring (bicyclic) bond motifs is 1. The first-order valence-corrected chi connectivity index (χ1v) is 5.63. The first kappa shape index (κ1) is 10.2. The number of nitrogens with zero attached hydrogens (tertiary/aromatic N) is 5. The zero-order valence-electron chi connectivity index (χ0n) is 8.85. The molecule has 0 fully saturated rings. The number of halogens is 1. The average Bonchev–Trinajstić information content (AvgIpc) is 2.89. The van der Waals surface area contributed by atoms with Crippen molar-refractivity contribution in [2.45, 2.75) is 6.92 Å². The molecule has 0 aromatic carbocycles. The Bertz CT molecular complexity index is 699. The summed E-state index contributed by atoms with van der Waals surface area (Å²) < 4.78 is 2.32. The second kappa shape index (κ2) is 3.52. The van der Waals surface area contributed by atoms with Crippen molar-refractivity contribution in [1.82, 2.24) is 29.7 Å². The Labute approximate surface area is 104 Å². The lowest BCUT2D eigenvalue weighted by Crippen LogP contribution is -2.05. The van der Waals surface area contributed by atoms with Crippen LogP contribution in [0.2, 0.25) is 0 Å². The van der Waals surface area contributed by atoms with Crippen molar-refractivity contribution >= 4 is 32.9 Å². The number of aryl methyl sites for hydroxylation is 1. The number of anilines is 1. The molecule has 0 bridgehead atoms. The number of imidazole rings is 1. The quantitative estimate of drug-likeness (QED) is 0.702. The summed E-state index contributed by atoms with van der Waals surface area (Å²) in [6, 6.07) is 0. The molecule has 3 aromatic rings. The van der Waals surface area contributed by atoms with Crippen LogP contribution in [-0.2, 0) is 0 Å². The molecule has 3 rings (SSSR count). The van der Waals surface area contributed by atoms with E-state index in [-0.39, 0.29) is 0 Å². The molecule has 7 nitrogen and oxygen atoms in total. The van der Waals surface area contributed by atoms with Gasteiger partial charge in [-0.3, -0.25) is 0 Å². The summed E-state index contributed by atoms with van der Waals surface area (Å²) in [7, 11) is 0. The van der Waals surface area contributed by atoms with Gasteiger partial charge in [0, 0.05) is 0 Å². The number of nitrogens with one attached hydrogen (secondary N) is 1. The van der Waals surface area contributed by atoms with Crippen LogP contribution < -0.4 is 5.73 Å². The highest BCUT2D eigenvalue weighted by atomic mass is 79.9. The fourth-order valence-electron chi connectivity index (χ4n) is 1.60. The molecule has 0 aliphatic rings. The fourth-order valence-corrected chi connectivity index (χ4v) is 1.85. The highest BCUT2D eigenvalue weighted by molar-refractivity contribution is 9.10. The molecule has 0 spiro atoms. The Balaban J connectivity index is 2.34. The third-order valence-corrected chi connectivity index (χ3v) is 3.40. The maximum Gasteiger partial charge on any atom is 0.184 e. The second-order valence-electron chi connectivity index (χ2n) is 3.49. The summed E-state index contributed by atoms with van der Waals surface area (Å²) >= 11 is 3.37. The molecule has 3 heterocycles. The van der Waals surface area contributed by atoms with Crippen LogP contribution in [0.1, 0.15) is 5.69 Å². The van der Waals surface area contributed by atoms with Crippen LogP contribution in [0.5, 0.6) is 0 Å². The predicted molar refractivity (Wildman–Crippen MR) is 65.7 cm³/mol. The van der Waals surface area contributed by atoms with E-state index in [4.69, 9.17) is 5.73 Å². The largest absolute Gasteiger partial charge is 0.383 e. The van der Waals surface area contributed by atoms with E-state index in [1.54, 1.807) is 11.0 Å². The molecular formula is C9H8BrN7. The average molecular weight is 294 g/mol. The van der Waals surface area contributed by atoms with E-state index in [0.717, 1.165) is 10.2 Å². The van der Waals surface area contributed by atoms with Gasteiger partial charge in [0.25, 0.3) is 0 Å². The standard InChI is InChI=1S/C9H8BrN7/c1-4-5(10)7(11)17(16-4)9-6-8(13-2-12-6)14-3-15-9/h2-3H,11H2,1H3,(H,12,13,14,15).